The van der Waals surface area contributed by atoms with Crippen LogP contribution >= 0.6 is 22.9 Å². The van der Waals surface area contributed by atoms with Crippen molar-refractivity contribution >= 4 is 40.2 Å². The molecule has 1 amide bonds. The molecule has 2 N–H and O–H groups in total. The predicted octanol–water partition coefficient (Wildman–Crippen LogP) is 5.53. The average Bonchev–Trinajstić information content (AvgIpc) is 3.27. The summed E-state index contributed by atoms with van der Waals surface area (Å²) in [5.41, 5.74) is 4.39. The van der Waals surface area contributed by atoms with E-state index in [0.717, 1.165) is 33.2 Å². The third-order valence-electron chi connectivity index (χ3n) is 5.87. The van der Waals surface area contributed by atoms with Gasteiger partial charge >= 0.3 is 0 Å². The number of carbonyl (C=O) groups is 1. The Kier molecular flexibility index (Phi) is 5.71. The molecule has 0 aliphatic carbocycles. The Balaban J connectivity index is 1.62. The lowest BCUT2D eigenvalue weighted by Crippen LogP contribution is -2.17. The van der Waals surface area contributed by atoms with Crippen molar-refractivity contribution in [2.45, 2.75) is 33.2 Å². The quantitative estimate of drug-likeness (QED) is 0.392. The Morgan fingerprint density at radius 2 is 1.91 bits per heavy atom. The van der Waals surface area contributed by atoms with Gasteiger partial charge in [-0.1, -0.05) is 29.8 Å². The molecule has 1 unspecified atom stereocenters. The SMILES string of the molecule is Cc1sc2c(c1C)C(c1ccc(Cl)cc1)=NC(CC(=O)Nc1cccc(O)c1)c1nnc(C)n1-2. The zero-order valence-electron chi connectivity index (χ0n) is 18.8. The fraction of sp³-hybridized carbons (Fsp3) is 0.200. The van der Waals surface area contributed by atoms with Gasteiger partial charge in [-0.3, -0.25) is 14.4 Å². The summed E-state index contributed by atoms with van der Waals surface area (Å²) in [6.45, 7) is 6.08. The molecule has 1 aliphatic heterocycles. The van der Waals surface area contributed by atoms with Crippen LogP contribution in [-0.4, -0.2) is 31.5 Å². The Hall–Kier alpha value is -3.49. The number of nitrogens with one attached hydrogen (secondary N) is 1. The number of phenols is 1. The molecule has 0 radical (unpaired) electrons. The number of thiophene rings is 1. The second-order valence-corrected chi connectivity index (χ2v) is 9.85. The first-order valence-corrected chi connectivity index (χ1v) is 12.0. The monoisotopic (exact) mass is 491 g/mol. The van der Waals surface area contributed by atoms with Gasteiger partial charge in [0.25, 0.3) is 0 Å². The Morgan fingerprint density at radius 3 is 2.65 bits per heavy atom. The van der Waals surface area contributed by atoms with E-state index in [0.29, 0.717) is 16.5 Å². The van der Waals surface area contributed by atoms with Crippen LogP contribution in [0.4, 0.5) is 5.69 Å². The maximum Gasteiger partial charge on any atom is 0.227 e. The number of aliphatic imine (C=N–C) groups is 1. The molecule has 9 heteroatoms. The number of hydrogen-bond donors (Lipinski definition) is 2. The molecule has 1 atom stereocenters. The first-order valence-electron chi connectivity index (χ1n) is 10.8. The van der Waals surface area contributed by atoms with Crippen molar-refractivity contribution in [3.8, 4) is 10.8 Å². The number of aromatic nitrogens is 3. The van der Waals surface area contributed by atoms with Crippen molar-refractivity contribution in [1.29, 1.82) is 0 Å². The van der Waals surface area contributed by atoms with Crippen LogP contribution in [0.25, 0.3) is 5.00 Å². The molecule has 0 fully saturated rings. The van der Waals surface area contributed by atoms with Crippen LogP contribution in [0, 0.1) is 20.8 Å². The Morgan fingerprint density at radius 1 is 1.15 bits per heavy atom. The van der Waals surface area contributed by atoms with E-state index >= 15 is 0 Å². The highest BCUT2D eigenvalue weighted by molar-refractivity contribution is 7.15. The number of fused-ring (bicyclic) bond motifs is 3. The number of aryl methyl sites for hydroxylation is 2. The summed E-state index contributed by atoms with van der Waals surface area (Å²) in [6, 6.07) is 13.5. The molecule has 2 aromatic carbocycles. The molecule has 0 spiro atoms. The summed E-state index contributed by atoms with van der Waals surface area (Å²) in [7, 11) is 0. The number of aromatic hydroxyl groups is 1. The van der Waals surface area contributed by atoms with Crippen molar-refractivity contribution in [2.24, 2.45) is 4.99 Å². The van der Waals surface area contributed by atoms with Gasteiger partial charge in [-0.25, -0.2) is 0 Å². The zero-order chi connectivity index (χ0) is 24.0. The zero-order valence-corrected chi connectivity index (χ0v) is 20.4. The fourth-order valence-electron chi connectivity index (χ4n) is 4.10. The van der Waals surface area contributed by atoms with Crippen LogP contribution in [0.5, 0.6) is 5.75 Å². The van der Waals surface area contributed by atoms with Crippen LogP contribution in [0.15, 0.2) is 53.5 Å². The number of anilines is 1. The first-order chi connectivity index (χ1) is 16.3. The molecule has 7 nitrogen and oxygen atoms in total. The summed E-state index contributed by atoms with van der Waals surface area (Å²) in [5.74, 6) is 1.21. The number of rotatable bonds is 4. The standard InChI is InChI=1S/C25H22ClN5O2S/c1-13-14(2)34-25-22(13)23(16-7-9-17(26)10-8-16)28-20(24-30-29-15(3)31(24)25)12-21(33)27-18-5-4-6-19(32)11-18/h4-11,20,32H,12H2,1-3H3,(H,27,33). The lowest BCUT2D eigenvalue weighted by Gasteiger charge is -2.13. The largest absolute Gasteiger partial charge is 0.508 e. The Bertz CT molecular complexity index is 1440. The molecule has 3 heterocycles. The topological polar surface area (TPSA) is 92.4 Å². The number of amides is 1. The highest BCUT2D eigenvalue weighted by Crippen LogP contribution is 2.39. The minimum absolute atomic E-state index is 0.0673. The fourth-order valence-corrected chi connectivity index (χ4v) is 5.44. The van der Waals surface area contributed by atoms with Crippen LogP contribution in [0.1, 0.15) is 45.7 Å². The van der Waals surface area contributed by atoms with Crippen LogP contribution in [0.3, 0.4) is 0 Å². The highest BCUT2D eigenvalue weighted by Gasteiger charge is 2.32. The number of hydrogen-bond acceptors (Lipinski definition) is 6. The third kappa shape index (κ3) is 3.99. The van der Waals surface area contributed by atoms with Crippen molar-refractivity contribution < 1.29 is 9.90 Å². The molecular weight excluding hydrogens is 470 g/mol. The van der Waals surface area contributed by atoms with Gasteiger partial charge in [0.2, 0.25) is 5.91 Å². The van der Waals surface area contributed by atoms with E-state index in [1.54, 1.807) is 29.5 Å². The molecule has 34 heavy (non-hydrogen) atoms. The van der Waals surface area contributed by atoms with Crippen molar-refractivity contribution in [3.63, 3.8) is 0 Å². The number of nitrogens with zero attached hydrogens (tertiary/aromatic N) is 4. The van der Waals surface area contributed by atoms with Gasteiger partial charge < -0.3 is 10.4 Å². The van der Waals surface area contributed by atoms with Gasteiger partial charge in [0.05, 0.1) is 12.1 Å². The van der Waals surface area contributed by atoms with E-state index in [4.69, 9.17) is 16.6 Å². The molecule has 172 valence electrons. The van der Waals surface area contributed by atoms with E-state index in [1.165, 1.54) is 10.9 Å². The maximum atomic E-state index is 13.0. The smallest absolute Gasteiger partial charge is 0.227 e. The molecule has 0 bridgehead atoms. The van der Waals surface area contributed by atoms with E-state index in [1.807, 2.05) is 35.8 Å². The molecule has 0 saturated heterocycles. The molecule has 2 aromatic heterocycles. The van der Waals surface area contributed by atoms with Gasteiger partial charge in [0, 0.05) is 32.8 Å². The van der Waals surface area contributed by atoms with Crippen molar-refractivity contribution in [2.75, 3.05) is 5.32 Å². The molecule has 0 saturated carbocycles. The average molecular weight is 492 g/mol. The summed E-state index contributed by atoms with van der Waals surface area (Å²) < 4.78 is 2.01. The van der Waals surface area contributed by atoms with E-state index < -0.39 is 6.04 Å². The summed E-state index contributed by atoms with van der Waals surface area (Å²) in [6.07, 6.45) is 0.0673. The van der Waals surface area contributed by atoms with Crippen LogP contribution in [-0.2, 0) is 4.79 Å². The minimum Gasteiger partial charge on any atom is -0.508 e. The van der Waals surface area contributed by atoms with E-state index in [9.17, 15) is 9.90 Å². The third-order valence-corrected chi connectivity index (χ3v) is 7.31. The summed E-state index contributed by atoms with van der Waals surface area (Å²) in [4.78, 5) is 19.3. The normalized spacial score (nSPS) is 14.7. The lowest BCUT2D eigenvalue weighted by molar-refractivity contribution is -0.116. The van der Waals surface area contributed by atoms with Gasteiger partial charge in [0.15, 0.2) is 5.82 Å². The van der Waals surface area contributed by atoms with E-state index in [-0.39, 0.29) is 18.1 Å². The number of phenolic OH excluding ortho intramolecular Hbond substituents is 1. The van der Waals surface area contributed by atoms with Gasteiger partial charge in [-0.05, 0) is 50.6 Å². The molecular formula is C25H22ClN5O2S. The number of halogens is 1. The second-order valence-electron chi connectivity index (χ2n) is 8.21. The van der Waals surface area contributed by atoms with Crippen molar-refractivity contribution in [1.82, 2.24) is 14.8 Å². The molecule has 4 aromatic rings. The minimum atomic E-state index is -0.552. The summed E-state index contributed by atoms with van der Waals surface area (Å²) in [5, 5.41) is 22.9. The first kappa shape index (κ1) is 22.3. The van der Waals surface area contributed by atoms with Crippen molar-refractivity contribution in [3.05, 3.63) is 86.8 Å². The predicted molar refractivity (Wildman–Crippen MR) is 135 cm³/mol. The second kappa shape index (κ2) is 8.70. The van der Waals surface area contributed by atoms with Crippen LogP contribution < -0.4 is 5.32 Å². The highest BCUT2D eigenvalue weighted by atomic mass is 35.5. The maximum absolute atomic E-state index is 13.0. The van der Waals surface area contributed by atoms with Gasteiger partial charge in [-0.2, -0.15) is 0 Å². The molecule has 1 aliphatic rings. The summed E-state index contributed by atoms with van der Waals surface area (Å²) >= 11 is 7.82. The lowest BCUT2D eigenvalue weighted by atomic mass is 9.99. The van der Waals surface area contributed by atoms with E-state index in [2.05, 4.69) is 29.4 Å². The van der Waals surface area contributed by atoms with Gasteiger partial charge in [-0.15, -0.1) is 21.5 Å². The molecule has 5 rings (SSSR count). The Labute approximate surface area is 205 Å². The number of carbonyl (C=O) groups excluding carboxylic acids is 1. The van der Waals surface area contributed by atoms with Gasteiger partial charge in [0.1, 0.15) is 22.6 Å². The van der Waals surface area contributed by atoms with Crippen LogP contribution in [0.2, 0.25) is 5.02 Å². The number of benzene rings is 2.